The van der Waals surface area contributed by atoms with Gasteiger partial charge in [-0.05, 0) is 43.8 Å². The van der Waals surface area contributed by atoms with E-state index in [1.807, 2.05) is 25.1 Å². The van der Waals surface area contributed by atoms with Crippen LogP contribution in [0.15, 0.2) is 51.7 Å². The molecule has 0 radical (unpaired) electrons. The number of amides is 1. The number of benzene rings is 2. The summed E-state index contributed by atoms with van der Waals surface area (Å²) in [5, 5.41) is 12.6. The predicted octanol–water partition coefficient (Wildman–Crippen LogP) is 2.99. The molecule has 0 saturated heterocycles. The molecule has 0 unspecified atom stereocenters. The number of ether oxygens (including phenoxy) is 1. The molecule has 0 aliphatic rings. The second-order valence-electron chi connectivity index (χ2n) is 7.76. The van der Waals surface area contributed by atoms with E-state index >= 15 is 0 Å². The fourth-order valence-electron chi connectivity index (χ4n) is 3.55. The Kier molecular flexibility index (Phi) is 6.71. The number of fused-ring (bicyclic) bond motifs is 3. The van der Waals surface area contributed by atoms with Gasteiger partial charge in [0, 0.05) is 17.6 Å². The van der Waals surface area contributed by atoms with E-state index in [1.54, 1.807) is 36.2 Å². The molecule has 9 heteroatoms. The summed E-state index contributed by atoms with van der Waals surface area (Å²) in [5.74, 6) is 0.637. The van der Waals surface area contributed by atoms with Gasteiger partial charge in [-0.3, -0.25) is 14.5 Å². The van der Waals surface area contributed by atoms with Gasteiger partial charge in [0.25, 0.3) is 5.56 Å². The number of H-pyrrole nitrogens is 1. The van der Waals surface area contributed by atoms with Crippen molar-refractivity contribution in [1.82, 2.24) is 14.9 Å². The number of anilines is 1. The molecule has 0 bridgehead atoms. The number of nitrogens with zero attached hydrogens (tertiary/aromatic N) is 2. The number of carbonyl (C=O) groups excluding carboxylic acids is 1. The van der Waals surface area contributed by atoms with Crippen molar-refractivity contribution in [2.75, 3.05) is 38.7 Å². The van der Waals surface area contributed by atoms with Gasteiger partial charge in [0.1, 0.15) is 22.7 Å². The number of likely N-dealkylation sites (N-methyl/N-ethyl adjacent to an activating group) is 1. The van der Waals surface area contributed by atoms with Gasteiger partial charge in [-0.2, -0.15) is 0 Å². The average Bonchev–Trinajstić information content (AvgIpc) is 3.17. The van der Waals surface area contributed by atoms with E-state index in [1.165, 1.54) is 0 Å². The van der Waals surface area contributed by atoms with Crippen LogP contribution in [0.1, 0.15) is 13.3 Å². The van der Waals surface area contributed by atoms with Crippen molar-refractivity contribution in [2.24, 2.45) is 0 Å². The van der Waals surface area contributed by atoms with E-state index < -0.39 is 5.56 Å². The van der Waals surface area contributed by atoms with Gasteiger partial charge in [-0.1, -0.05) is 19.1 Å². The zero-order valence-corrected chi connectivity index (χ0v) is 18.6. The lowest BCUT2D eigenvalue weighted by Gasteiger charge is -2.16. The van der Waals surface area contributed by atoms with Crippen LogP contribution in [0.3, 0.4) is 0 Å². The Balaban J connectivity index is 1.75. The van der Waals surface area contributed by atoms with Crippen LogP contribution in [0, 0.1) is 0 Å². The van der Waals surface area contributed by atoms with Crippen LogP contribution >= 0.6 is 0 Å². The van der Waals surface area contributed by atoms with Crippen LogP contribution in [-0.2, 0) is 4.79 Å². The normalized spacial score (nSPS) is 11.4. The molecule has 1 amide bonds. The first-order valence-electron chi connectivity index (χ1n) is 10.8. The van der Waals surface area contributed by atoms with Gasteiger partial charge in [-0.15, -0.1) is 0 Å². The molecule has 4 aromatic rings. The van der Waals surface area contributed by atoms with E-state index in [-0.39, 0.29) is 24.6 Å². The summed E-state index contributed by atoms with van der Waals surface area (Å²) in [5.41, 5.74) is 1.90. The maximum atomic E-state index is 12.8. The highest BCUT2D eigenvalue weighted by Crippen LogP contribution is 2.32. The van der Waals surface area contributed by atoms with Crippen LogP contribution < -0.4 is 15.6 Å². The molecule has 0 fully saturated rings. The SMILES string of the molecule is CCCOc1ccc(NC(=O)CN(C)CCO)cc1-c1nc2c(oc3ccccc32)c(=O)[nH]1. The lowest BCUT2D eigenvalue weighted by atomic mass is 10.1. The molecule has 9 nitrogen and oxygen atoms in total. The van der Waals surface area contributed by atoms with Crippen molar-refractivity contribution in [1.29, 1.82) is 0 Å². The van der Waals surface area contributed by atoms with E-state index in [0.29, 0.717) is 47.1 Å². The second kappa shape index (κ2) is 9.85. The Hall–Kier alpha value is -3.69. The van der Waals surface area contributed by atoms with E-state index in [0.717, 1.165) is 11.8 Å². The highest BCUT2D eigenvalue weighted by atomic mass is 16.5. The van der Waals surface area contributed by atoms with Gasteiger partial charge in [0.2, 0.25) is 11.5 Å². The third-order valence-corrected chi connectivity index (χ3v) is 5.11. The van der Waals surface area contributed by atoms with Crippen LogP contribution in [0.2, 0.25) is 0 Å². The van der Waals surface area contributed by atoms with Crippen molar-refractivity contribution in [3.8, 4) is 17.1 Å². The first-order valence-corrected chi connectivity index (χ1v) is 10.8. The maximum Gasteiger partial charge on any atom is 0.294 e. The Morgan fingerprint density at radius 2 is 2.09 bits per heavy atom. The van der Waals surface area contributed by atoms with Gasteiger partial charge in [-0.25, -0.2) is 4.98 Å². The summed E-state index contributed by atoms with van der Waals surface area (Å²) in [4.78, 5) is 34.4. The van der Waals surface area contributed by atoms with Crippen LogP contribution in [0.4, 0.5) is 5.69 Å². The molecule has 0 aliphatic carbocycles. The van der Waals surface area contributed by atoms with E-state index in [2.05, 4.69) is 15.3 Å². The lowest BCUT2D eigenvalue weighted by molar-refractivity contribution is -0.117. The first kappa shape index (κ1) is 22.5. The Morgan fingerprint density at radius 3 is 2.88 bits per heavy atom. The molecule has 33 heavy (non-hydrogen) atoms. The monoisotopic (exact) mass is 450 g/mol. The molecule has 0 aliphatic heterocycles. The highest BCUT2D eigenvalue weighted by Gasteiger charge is 2.17. The number of rotatable bonds is 9. The maximum absolute atomic E-state index is 12.8. The second-order valence-corrected chi connectivity index (χ2v) is 7.76. The van der Waals surface area contributed by atoms with Crippen molar-refractivity contribution in [3.63, 3.8) is 0 Å². The molecule has 2 aromatic heterocycles. The quantitative estimate of drug-likeness (QED) is 0.358. The number of carbonyl (C=O) groups is 1. The zero-order valence-electron chi connectivity index (χ0n) is 18.6. The summed E-state index contributed by atoms with van der Waals surface area (Å²) >= 11 is 0. The minimum atomic E-state index is -0.396. The minimum Gasteiger partial charge on any atom is -0.493 e. The number of nitrogens with one attached hydrogen (secondary N) is 2. The molecule has 3 N–H and O–H groups in total. The lowest BCUT2D eigenvalue weighted by Crippen LogP contribution is -2.32. The first-order chi connectivity index (χ1) is 16.0. The molecule has 0 saturated carbocycles. The minimum absolute atomic E-state index is 0.0262. The average molecular weight is 450 g/mol. The molecule has 172 valence electrons. The number of aromatic amines is 1. The molecule has 2 heterocycles. The number of hydrogen-bond acceptors (Lipinski definition) is 7. The molecule has 4 rings (SSSR count). The third-order valence-electron chi connectivity index (χ3n) is 5.11. The Labute approximate surface area is 190 Å². The number of aromatic nitrogens is 2. The number of aliphatic hydroxyl groups is 1. The van der Waals surface area contributed by atoms with Gasteiger partial charge < -0.3 is 24.6 Å². The Morgan fingerprint density at radius 1 is 1.27 bits per heavy atom. The predicted molar refractivity (Wildman–Crippen MR) is 127 cm³/mol. The number of para-hydroxylation sites is 1. The van der Waals surface area contributed by atoms with Crippen LogP contribution in [0.25, 0.3) is 33.5 Å². The van der Waals surface area contributed by atoms with Gasteiger partial charge >= 0.3 is 0 Å². The molecular weight excluding hydrogens is 424 g/mol. The van der Waals surface area contributed by atoms with Crippen LogP contribution in [-0.4, -0.2) is 59.2 Å². The number of furan rings is 1. The number of aliphatic hydroxyl groups excluding tert-OH is 1. The van der Waals surface area contributed by atoms with Crippen molar-refractivity contribution in [3.05, 3.63) is 52.8 Å². The van der Waals surface area contributed by atoms with Crippen molar-refractivity contribution in [2.45, 2.75) is 13.3 Å². The fraction of sp³-hybridized carbons (Fsp3) is 0.292. The Bertz CT molecular complexity index is 1340. The highest BCUT2D eigenvalue weighted by molar-refractivity contribution is 6.02. The largest absolute Gasteiger partial charge is 0.493 e. The summed E-state index contributed by atoms with van der Waals surface area (Å²) in [6, 6.07) is 12.5. The third kappa shape index (κ3) is 4.89. The summed E-state index contributed by atoms with van der Waals surface area (Å²) in [6.45, 7) is 2.99. The topological polar surface area (TPSA) is 121 Å². The molecule has 0 spiro atoms. The van der Waals surface area contributed by atoms with E-state index in [4.69, 9.17) is 14.3 Å². The van der Waals surface area contributed by atoms with Crippen molar-refractivity contribution >= 4 is 33.7 Å². The summed E-state index contributed by atoms with van der Waals surface area (Å²) < 4.78 is 11.6. The zero-order chi connectivity index (χ0) is 23.4. The standard InChI is InChI=1S/C24H26N4O5/c1-3-12-32-18-9-8-15(25-20(30)14-28(2)10-11-29)13-17(18)23-26-21-16-6-4-5-7-19(16)33-22(21)24(31)27-23/h4-9,13,29H,3,10-12,14H2,1-2H3,(H,25,30)(H,26,27,31). The van der Waals surface area contributed by atoms with Gasteiger partial charge in [0.05, 0.1) is 25.3 Å². The molecular formula is C24H26N4O5. The molecule has 2 aromatic carbocycles. The summed E-state index contributed by atoms with van der Waals surface area (Å²) in [7, 11) is 1.75. The summed E-state index contributed by atoms with van der Waals surface area (Å²) in [6.07, 6.45) is 0.810. The molecule has 0 atom stereocenters. The number of hydrogen-bond donors (Lipinski definition) is 3. The van der Waals surface area contributed by atoms with E-state index in [9.17, 15) is 9.59 Å². The van der Waals surface area contributed by atoms with Crippen molar-refractivity contribution < 1.29 is 19.1 Å². The van der Waals surface area contributed by atoms with Gasteiger partial charge in [0.15, 0.2) is 0 Å². The smallest absolute Gasteiger partial charge is 0.294 e. The fourth-order valence-corrected chi connectivity index (χ4v) is 3.55. The van der Waals surface area contributed by atoms with Crippen LogP contribution in [0.5, 0.6) is 5.75 Å².